The minimum Gasteiger partial charge on any atom is -0.258 e. The molecule has 0 aliphatic heterocycles. The molecule has 0 bridgehead atoms. The topological polar surface area (TPSA) is 69.4 Å². The van der Waals surface area contributed by atoms with Gasteiger partial charge in [0.05, 0.1) is 6.61 Å². The highest BCUT2D eigenvalue weighted by molar-refractivity contribution is 7.84. The first-order valence-corrected chi connectivity index (χ1v) is 4.85. The van der Waals surface area contributed by atoms with Crippen LogP contribution in [0.5, 0.6) is 0 Å². The average molecular weight is 181 g/mol. The number of rotatable bonds is 3. The SMILES string of the molecule is CC(C)(C)CCOS(N)(=O)=O. The maximum Gasteiger partial charge on any atom is 0.333 e. The molecule has 0 amide bonds. The standard InChI is InChI=1S/C6H15NO3S/c1-6(2,3)4-5-10-11(7,8)9/h4-5H2,1-3H3,(H2,7,8,9). The summed E-state index contributed by atoms with van der Waals surface area (Å²) < 4.78 is 24.9. The molecule has 0 radical (unpaired) electrons. The Labute approximate surface area is 68.0 Å². The molecule has 0 unspecified atom stereocenters. The van der Waals surface area contributed by atoms with Crippen LogP contribution >= 0.6 is 0 Å². The van der Waals surface area contributed by atoms with E-state index in [1.165, 1.54) is 0 Å². The number of hydrogen-bond acceptors (Lipinski definition) is 3. The second-order valence-corrected chi connectivity index (χ2v) is 4.85. The van der Waals surface area contributed by atoms with Crippen molar-refractivity contribution >= 4 is 10.3 Å². The maximum absolute atomic E-state index is 10.3. The van der Waals surface area contributed by atoms with Crippen LogP contribution in [0.1, 0.15) is 27.2 Å². The van der Waals surface area contributed by atoms with E-state index in [2.05, 4.69) is 9.32 Å². The summed E-state index contributed by atoms with van der Waals surface area (Å²) >= 11 is 0. The van der Waals surface area contributed by atoms with Gasteiger partial charge < -0.3 is 0 Å². The van der Waals surface area contributed by atoms with Gasteiger partial charge in [0.25, 0.3) is 0 Å². The van der Waals surface area contributed by atoms with Gasteiger partial charge in [-0.2, -0.15) is 8.42 Å². The van der Waals surface area contributed by atoms with E-state index in [0.29, 0.717) is 6.42 Å². The molecule has 0 aromatic rings. The van der Waals surface area contributed by atoms with Gasteiger partial charge in [0, 0.05) is 0 Å². The van der Waals surface area contributed by atoms with E-state index in [0.717, 1.165) is 0 Å². The lowest BCUT2D eigenvalue weighted by Gasteiger charge is -2.16. The fraction of sp³-hybridized carbons (Fsp3) is 1.00. The van der Waals surface area contributed by atoms with Crippen LogP contribution in [0.4, 0.5) is 0 Å². The fourth-order valence-corrected chi connectivity index (χ4v) is 0.780. The lowest BCUT2D eigenvalue weighted by atomic mass is 9.93. The van der Waals surface area contributed by atoms with Gasteiger partial charge in [-0.05, 0) is 11.8 Å². The maximum atomic E-state index is 10.3. The Hall–Kier alpha value is -0.130. The summed E-state index contributed by atoms with van der Waals surface area (Å²) in [5, 5.41) is 4.61. The van der Waals surface area contributed by atoms with Crippen molar-refractivity contribution in [2.45, 2.75) is 27.2 Å². The highest BCUT2D eigenvalue weighted by Crippen LogP contribution is 2.17. The Kier molecular flexibility index (Phi) is 3.47. The van der Waals surface area contributed by atoms with E-state index in [1.54, 1.807) is 0 Å². The Morgan fingerprint density at radius 1 is 1.36 bits per heavy atom. The summed E-state index contributed by atoms with van der Waals surface area (Å²) in [6.07, 6.45) is 0.670. The molecule has 0 saturated carbocycles. The molecule has 0 aromatic heterocycles. The number of hydrogen-bond donors (Lipinski definition) is 1. The van der Waals surface area contributed by atoms with Crippen LogP contribution in [0, 0.1) is 5.41 Å². The van der Waals surface area contributed by atoms with Gasteiger partial charge in [-0.1, -0.05) is 20.8 Å². The van der Waals surface area contributed by atoms with Crippen molar-refractivity contribution in [2.24, 2.45) is 10.6 Å². The summed E-state index contributed by atoms with van der Waals surface area (Å²) in [6, 6.07) is 0. The largest absolute Gasteiger partial charge is 0.333 e. The molecule has 11 heavy (non-hydrogen) atoms. The summed E-state index contributed by atoms with van der Waals surface area (Å²) in [5.41, 5.74) is 0.0741. The summed E-state index contributed by atoms with van der Waals surface area (Å²) in [7, 11) is -3.75. The molecule has 0 spiro atoms. The third-order valence-corrected chi connectivity index (χ3v) is 1.59. The van der Waals surface area contributed by atoms with Crippen molar-refractivity contribution in [2.75, 3.05) is 6.61 Å². The average Bonchev–Trinajstić information content (AvgIpc) is 1.55. The molecular formula is C6H15NO3S. The molecule has 0 atom stereocenters. The lowest BCUT2D eigenvalue weighted by molar-refractivity contribution is 0.248. The molecule has 0 saturated heterocycles. The van der Waals surface area contributed by atoms with Gasteiger partial charge in [0.2, 0.25) is 0 Å². The molecule has 4 nitrogen and oxygen atoms in total. The molecule has 0 heterocycles. The van der Waals surface area contributed by atoms with Crippen molar-refractivity contribution in [3.63, 3.8) is 0 Å². The predicted octanol–water partition coefficient (Wildman–Crippen LogP) is 0.643. The highest BCUT2D eigenvalue weighted by Gasteiger charge is 2.11. The Bertz CT molecular complexity index is 202. The van der Waals surface area contributed by atoms with Crippen molar-refractivity contribution in [1.82, 2.24) is 0 Å². The van der Waals surface area contributed by atoms with Gasteiger partial charge >= 0.3 is 10.3 Å². The van der Waals surface area contributed by atoms with Crippen LogP contribution < -0.4 is 5.14 Å². The van der Waals surface area contributed by atoms with Crippen LogP contribution in [0.2, 0.25) is 0 Å². The molecule has 0 rings (SSSR count). The van der Waals surface area contributed by atoms with Crippen LogP contribution in [-0.2, 0) is 14.5 Å². The fourth-order valence-electron chi connectivity index (χ4n) is 0.464. The molecule has 0 aliphatic carbocycles. The zero-order valence-electron chi connectivity index (χ0n) is 7.12. The van der Waals surface area contributed by atoms with Crippen molar-refractivity contribution in [3.05, 3.63) is 0 Å². The minimum absolute atomic E-state index is 0.0741. The van der Waals surface area contributed by atoms with Crippen LogP contribution in [0.15, 0.2) is 0 Å². The Morgan fingerprint density at radius 2 is 1.82 bits per heavy atom. The second-order valence-electron chi connectivity index (χ2n) is 3.63. The van der Waals surface area contributed by atoms with Crippen LogP contribution in [0.3, 0.4) is 0 Å². The minimum atomic E-state index is -3.75. The van der Waals surface area contributed by atoms with Crippen molar-refractivity contribution < 1.29 is 12.6 Å². The van der Waals surface area contributed by atoms with E-state index >= 15 is 0 Å². The summed E-state index contributed by atoms with van der Waals surface area (Å²) in [6.45, 7) is 6.15. The van der Waals surface area contributed by atoms with E-state index < -0.39 is 10.3 Å². The molecule has 0 aliphatic rings. The van der Waals surface area contributed by atoms with E-state index in [4.69, 9.17) is 0 Å². The summed E-state index contributed by atoms with van der Waals surface area (Å²) in [4.78, 5) is 0. The Balaban J connectivity index is 3.61. The smallest absolute Gasteiger partial charge is 0.258 e. The summed E-state index contributed by atoms with van der Waals surface area (Å²) in [5.74, 6) is 0. The van der Waals surface area contributed by atoms with E-state index in [1.807, 2.05) is 20.8 Å². The van der Waals surface area contributed by atoms with E-state index in [-0.39, 0.29) is 12.0 Å². The zero-order valence-corrected chi connectivity index (χ0v) is 7.94. The first-order valence-electron chi connectivity index (χ1n) is 3.38. The highest BCUT2D eigenvalue weighted by atomic mass is 32.2. The van der Waals surface area contributed by atoms with Crippen LogP contribution in [-0.4, -0.2) is 15.0 Å². The zero-order chi connectivity index (χ0) is 9.12. The van der Waals surface area contributed by atoms with Gasteiger partial charge in [-0.3, -0.25) is 4.18 Å². The van der Waals surface area contributed by atoms with Gasteiger partial charge in [0.15, 0.2) is 0 Å². The quantitative estimate of drug-likeness (QED) is 0.694. The first kappa shape index (κ1) is 10.9. The Morgan fingerprint density at radius 3 is 2.09 bits per heavy atom. The van der Waals surface area contributed by atoms with Gasteiger partial charge in [-0.15, -0.1) is 0 Å². The van der Waals surface area contributed by atoms with Crippen molar-refractivity contribution in [3.8, 4) is 0 Å². The molecule has 2 N–H and O–H groups in total. The molecule has 5 heteroatoms. The third kappa shape index (κ3) is 9.87. The van der Waals surface area contributed by atoms with Crippen LogP contribution in [0.25, 0.3) is 0 Å². The molecule has 0 aromatic carbocycles. The first-order chi connectivity index (χ1) is 4.71. The molecule has 68 valence electrons. The normalized spacial score (nSPS) is 13.5. The third-order valence-electron chi connectivity index (χ3n) is 1.10. The van der Waals surface area contributed by atoms with Gasteiger partial charge in [0.1, 0.15) is 0 Å². The number of nitrogens with two attached hydrogens (primary N) is 1. The lowest BCUT2D eigenvalue weighted by Crippen LogP contribution is -2.19. The van der Waals surface area contributed by atoms with E-state index in [9.17, 15) is 8.42 Å². The second kappa shape index (κ2) is 3.51. The molecule has 0 fully saturated rings. The monoisotopic (exact) mass is 181 g/mol. The van der Waals surface area contributed by atoms with Crippen molar-refractivity contribution in [1.29, 1.82) is 0 Å². The van der Waals surface area contributed by atoms with Gasteiger partial charge in [-0.25, -0.2) is 5.14 Å². The predicted molar refractivity (Wildman–Crippen MR) is 43.1 cm³/mol. The molecular weight excluding hydrogens is 166 g/mol.